The average Bonchev–Trinajstić information content (AvgIpc) is 2.52. The zero-order valence-electron chi connectivity index (χ0n) is 12.9. The topological polar surface area (TPSA) is 50.4 Å². The molecule has 1 aromatic carbocycles. The van der Waals surface area contributed by atoms with Gasteiger partial charge in [0.05, 0.1) is 0 Å². The van der Waals surface area contributed by atoms with Crippen molar-refractivity contribution in [3.05, 3.63) is 29.8 Å². The molecule has 130 valence electrons. The third kappa shape index (κ3) is 7.61. The Kier molecular flexibility index (Phi) is 8.87. The van der Waals surface area contributed by atoms with Crippen LogP contribution in [0.4, 0.5) is 8.78 Å². The maximum atomic E-state index is 12.1. The van der Waals surface area contributed by atoms with Crippen LogP contribution in [-0.4, -0.2) is 25.6 Å². The Morgan fingerprint density at radius 3 is 2.78 bits per heavy atom. The number of piperidine rings is 1. The molecule has 0 spiro atoms. The summed E-state index contributed by atoms with van der Waals surface area (Å²) in [5.41, 5.74) is 0.744. The second kappa shape index (κ2) is 10.4. The monoisotopic (exact) mass is 348 g/mol. The van der Waals surface area contributed by atoms with Gasteiger partial charge in [0, 0.05) is 13.0 Å². The molecule has 23 heavy (non-hydrogen) atoms. The molecule has 0 bridgehead atoms. The van der Waals surface area contributed by atoms with Crippen molar-refractivity contribution in [1.82, 2.24) is 10.6 Å². The largest absolute Gasteiger partial charge is 0.435 e. The Balaban J connectivity index is 0.00000264. The Morgan fingerprint density at radius 2 is 2.09 bits per heavy atom. The summed E-state index contributed by atoms with van der Waals surface area (Å²) in [5, 5.41) is 6.12. The minimum Gasteiger partial charge on any atom is -0.435 e. The van der Waals surface area contributed by atoms with Crippen LogP contribution < -0.4 is 15.4 Å². The second-order valence-corrected chi connectivity index (χ2v) is 5.53. The molecular weight excluding hydrogens is 326 g/mol. The van der Waals surface area contributed by atoms with Crippen LogP contribution in [0.1, 0.15) is 31.2 Å². The summed E-state index contributed by atoms with van der Waals surface area (Å²) in [5.74, 6) is 0.727. The molecule has 7 heteroatoms. The number of nitrogens with one attached hydrogen (secondary N) is 2. The van der Waals surface area contributed by atoms with Gasteiger partial charge in [-0.1, -0.05) is 12.1 Å². The minimum atomic E-state index is -2.84. The Labute approximate surface area is 141 Å². The van der Waals surface area contributed by atoms with Gasteiger partial charge in [0.15, 0.2) is 0 Å². The number of halogens is 3. The molecule has 1 aliphatic rings. The van der Waals surface area contributed by atoms with E-state index in [0.29, 0.717) is 18.9 Å². The van der Waals surface area contributed by atoms with E-state index in [4.69, 9.17) is 0 Å². The number of hydrogen-bond donors (Lipinski definition) is 2. The first-order chi connectivity index (χ1) is 10.6. The summed E-state index contributed by atoms with van der Waals surface area (Å²) < 4.78 is 28.6. The van der Waals surface area contributed by atoms with E-state index in [2.05, 4.69) is 15.4 Å². The number of amides is 1. The lowest BCUT2D eigenvalue weighted by Gasteiger charge is -2.22. The van der Waals surface area contributed by atoms with Gasteiger partial charge in [-0.05, 0) is 56.0 Å². The van der Waals surface area contributed by atoms with Crippen LogP contribution in [-0.2, 0) is 11.3 Å². The van der Waals surface area contributed by atoms with E-state index in [1.807, 2.05) is 0 Å². The summed E-state index contributed by atoms with van der Waals surface area (Å²) in [4.78, 5) is 11.8. The van der Waals surface area contributed by atoms with Gasteiger partial charge in [-0.3, -0.25) is 4.79 Å². The van der Waals surface area contributed by atoms with Crippen LogP contribution in [0.5, 0.6) is 5.75 Å². The highest BCUT2D eigenvalue weighted by Crippen LogP contribution is 2.18. The normalized spacial score (nSPS) is 15.1. The smallest absolute Gasteiger partial charge is 0.387 e. The highest BCUT2D eigenvalue weighted by Gasteiger charge is 2.14. The molecule has 1 aliphatic heterocycles. The first-order valence-electron chi connectivity index (χ1n) is 7.64. The molecule has 4 nitrogen and oxygen atoms in total. The highest BCUT2D eigenvalue weighted by atomic mass is 35.5. The number of hydrogen-bond acceptors (Lipinski definition) is 3. The van der Waals surface area contributed by atoms with E-state index >= 15 is 0 Å². The first kappa shape index (κ1) is 19.6. The lowest BCUT2D eigenvalue weighted by Crippen LogP contribution is -2.29. The molecule has 1 fully saturated rings. The Morgan fingerprint density at radius 1 is 1.35 bits per heavy atom. The van der Waals surface area contributed by atoms with Crippen molar-refractivity contribution in [2.45, 2.75) is 38.8 Å². The molecular formula is C16H23ClF2N2O2. The maximum Gasteiger partial charge on any atom is 0.387 e. The van der Waals surface area contributed by atoms with Crippen molar-refractivity contribution < 1.29 is 18.3 Å². The summed E-state index contributed by atoms with van der Waals surface area (Å²) in [7, 11) is 0. The third-order valence-electron chi connectivity index (χ3n) is 3.85. The molecule has 1 heterocycles. The maximum absolute atomic E-state index is 12.1. The molecule has 0 saturated carbocycles. The highest BCUT2D eigenvalue weighted by molar-refractivity contribution is 5.85. The zero-order chi connectivity index (χ0) is 15.8. The number of benzene rings is 1. The molecule has 1 amide bonds. The van der Waals surface area contributed by atoms with Crippen molar-refractivity contribution in [3.8, 4) is 5.75 Å². The molecule has 2 N–H and O–H groups in total. The van der Waals surface area contributed by atoms with Gasteiger partial charge < -0.3 is 15.4 Å². The second-order valence-electron chi connectivity index (χ2n) is 5.53. The standard InChI is InChI=1S/C16H22F2N2O2.ClH/c17-16(18)22-14-3-1-2-13(10-14)11-20-15(21)5-4-12-6-8-19-9-7-12;/h1-3,10,12,16,19H,4-9,11H2,(H,20,21);1H. The van der Waals surface area contributed by atoms with Gasteiger partial charge in [-0.25, -0.2) is 0 Å². The van der Waals surface area contributed by atoms with E-state index in [0.717, 1.165) is 37.9 Å². The summed E-state index contributed by atoms with van der Waals surface area (Å²) in [6.07, 6.45) is 3.67. The quantitative estimate of drug-likeness (QED) is 0.796. The van der Waals surface area contributed by atoms with E-state index < -0.39 is 6.61 Å². The van der Waals surface area contributed by atoms with Gasteiger partial charge >= 0.3 is 6.61 Å². The SMILES string of the molecule is Cl.O=C(CCC1CCNCC1)NCc1cccc(OC(F)F)c1. The average molecular weight is 349 g/mol. The fourth-order valence-electron chi connectivity index (χ4n) is 2.63. The molecule has 0 unspecified atom stereocenters. The number of ether oxygens (including phenoxy) is 1. The molecule has 1 aromatic rings. The molecule has 0 aromatic heterocycles. The first-order valence-corrected chi connectivity index (χ1v) is 7.64. The van der Waals surface area contributed by atoms with Crippen molar-refractivity contribution in [2.75, 3.05) is 13.1 Å². The predicted octanol–water partition coefficient (Wildman–Crippen LogP) is 3.11. The van der Waals surface area contributed by atoms with E-state index in [1.54, 1.807) is 12.1 Å². The Hall–Kier alpha value is -1.40. The van der Waals surface area contributed by atoms with E-state index in [9.17, 15) is 13.6 Å². The van der Waals surface area contributed by atoms with Crippen molar-refractivity contribution >= 4 is 18.3 Å². The summed E-state index contributed by atoms with van der Waals surface area (Å²) >= 11 is 0. The van der Waals surface area contributed by atoms with Crippen LogP contribution >= 0.6 is 12.4 Å². The van der Waals surface area contributed by atoms with E-state index in [1.165, 1.54) is 12.1 Å². The Bertz CT molecular complexity index is 483. The van der Waals surface area contributed by atoms with Crippen LogP contribution in [0.3, 0.4) is 0 Å². The lowest BCUT2D eigenvalue weighted by molar-refractivity contribution is -0.121. The fourth-order valence-corrected chi connectivity index (χ4v) is 2.63. The lowest BCUT2D eigenvalue weighted by atomic mass is 9.93. The zero-order valence-corrected chi connectivity index (χ0v) is 13.7. The number of carbonyl (C=O) groups excluding carboxylic acids is 1. The molecule has 1 saturated heterocycles. The minimum absolute atomic E-state index is 0. The van der Waals surface area contributed by atoms with Gasteiger partial charge in [0.2, 0.25) is 5.91 Å². The van der Waals surface area contributed by atoms with Crippen LogP contribution in [0.2, 0.25) is 0 Å². The van der Waals surface area contributed by atoms with Crippen LogP contribution in [0, 0.1) is 5.92 Å². The third-order valence-corrected chi connectivity index (χ3v) is 3.85. The predicted molar refractivity (Wildman–Crippen MR) is 87.0 cm³/mol. The van der Waals surface area contributed by atoms with Gasteiger partial charge in [0.1, 0.15) is 5.75 Å². The van der Waals surface area contributed by atoms with Gasteiger partial charge in [0.25, 0.3) is 0 Å². The van der Waals surface area contributed by atoms with E-state index in [-0.39, 0.29) is 24.1 Å². The number of alkyl halides is 2. The molecule has 2 rings (SSSR count). The van der Waals surface area contributed by atoms with Crippen molar-refractivity contribution in [1.29, 1.82) is 0 Å². The van der Waals surface area contributed by atoms with Crippen LogP contribution in [0.25, 0.3) is 0 Å². The van der Waals surface area contributed by atoms with Crippen LogP contribution in [0.15, 0.2) is 24.3 Å². The van der Waals surface area contributed by atoms with Gasteiger partial charge in [-0.2, -0.15) is 8.78 Å². The van der Waals surface area contributed by atoms with Crippen molar-refractivity contribution in [2.24, 2.45) is 5.92 Å². The number of rotatable bonds is 7. The molecule has 0 atom stereocenters. The summed E-state index contributed by atoms with van der Waals surface area (Å²) in [6, 6.07) is 6.38. The molecule has 0 aliphatic carbocycles. The molecule has 0 radical (unpaired) electrons. The van der Waals surface area contributed by atoms with Gasteiger partial charge in [-0.15, -0.1) is 12.4 Å². The summed E-state index contributed by atoms with van der Waals surface area (Å²) in [6.45, 7) is -0.451. The fraction of sp³-hybridized carbons (Fsp3) is 0.562. The number of carbonyl (C=O) groups is 1. The van der Waals surface area contributed by atoms with Crippen molar-refractivity contribution in [3.63, 3.8) is 0 Å².